The van der Waals surface area contributed by atoms with Crippen LogP contribution in [-0.4, -0.2) is 46.8 Å². The number of imide groups is 1. The van der Waals surface area contributed by atoms with Crippen molar-refractivity contribution in [1.82, 2.24) is 9.80 Å². The number of likely N-dealkylation sites (N-methyl/N-ethyl adjacent to an activating group) is 1. The Morgan fingerprint density at radius 3 is 2.58 bits per heavy atom. The molecule has 1 heterocycles. The Hall–Kier alpha value is -2.37. The van der Waals surface area contributed by atoms with Crippen molar-refractivity contribution in [2.75, 3.05) is 18.9 Å². The zero-order valence-corrected chi connectivity index (χ0v) is 14.2. The van der Waals surface area contributed by atoms with Gasteiger partial charge < -0.3 is 10.2 Å². The SMILES string of the molecule is Cc1cccc(NC(=O)CN2C(=O)N(C)C3(CCCCC3)C2=O)c1. The van der Waals surface area contributed by atoms with E-state index in [4.69, 9.17) is 0 Å². The van der Waals surface area contributed by atoms with Crippen molar-refractivity contribution in [2.45, 2.75) is 44.6 Å². The molecule has 0 radical (unpaired) electrons. The van der Waals surface area contributed by atoms with E-state index >= 15 is 0 Å². The number of benzene rings is 1. The molecule has 3 rings (SSSR count). The van der Waals surface area contributed by atoms with Crippen LogP contribution in [-0.2, 0) is 9.59 Å². The third-order valence-corrected chi connectivity index (χ3v) is 5.09. The maximum atomic E-state index is 12.8. The van der Waals surface area contributed by atoms with Gasteiger partial charge in [0.1, 0.15) is 12.1 Å². The Morgan fingerprint density at radius 2 is 1.92 bits per heavy atom. The van der Waals surface area contributed by atoms with E-state index < -0.39 is 5.54 Å². The summed E-state index contributed by atoms with van der Waals surface area (Å²) in [5, 5.41) is 2.75. The number of hydrogen-bond donors (Lipinski definition) is 1. The number of carbonyl (C=O) groups is 3. The van der Waals surface area contributed by atoms with E-state index in [-0.39, 0.29) is 24.4 Å². The van der Waals surface area contributed by atoms with Gasteiger partial charge in [0.2, 0.25) is 5.91 Å². The third kappa shape index (κ3) is 2.77. The van der Waals surface area contributed by atoms with Crippen LogP contribution in [0.25, 0.3) is 0 Å². The van der Waals surface area contributed by atoms with Gasteiger partial charge in [-0.15, -0.1) is 0 Å². The van der Waals surface area contributed by atoms with E-state index in [0.717, 1.165) is 29.7 Å². The van der Waals surface area contributed by atoms with E-state index in [9.17, 15) is 14.4 Å². The van der Waals surface area contributed by atoms with Gasteiger partial charge in [0.25, 0.3) is 5.91 Å². The number of amides is 4. The first kappa shape index (κ1) is 16.5. The number of rotatable bonds is 3. The molecular formula is C18H23N3O3. The maximum absolute atomic E-state index is 12.8. The van der Waals surface area contributed by atoms with Crippen molar-refractivity contribution < 1.29 is 14.4 Å². The highest BCUT2D eigenvalue weighted by atomic mass is 16.2. The molecule has 1 N–H and O–H groups in total. The van der Waals surface area contributed by atoms with Crippen LogP contribution in [0.4, 0.5) is 10.5 Å². The Balaban J connectivity index is 1.71. The van der Waals surface area contributed by atoms with Gasteiger partial charge in [-0.3, -0.25) is 14.5 Å². The minimum absolute atomic E-state index is 0.228. The summed E-state index contributed by atoms with van der Waals surface area (Å²) in [5.41, 5.74) is 0.959. The molecule has 6 heteroatoms. The maximum Gasteiger partial charge on any atom is 0.327 e. The summed E-state index contributed by atoms with van der Waals surface area (Å²) >= 11 is 0. The van der Waals surface area contributed by atoms with Crippen LogP contribution >= 0.6 is 0 Å². The van der Waals surface area contributed by atoms with Crippen molar-refractivity contribution in [3.63, 3.8) is 0 Å². The van der Waals surface area contributed by atoms with Crippen molar-refractivity contribution in [1.29, 1.82) is 0 Å². The highest BCUT2D eigenvalue weighted by Gasteiger charge is 2.55. The average Bonchev–Trinajstić information content (AvgIpc) is 2.72. The Morgan fingerprint density at radius 1 is 1.21 bits per heavy atom. The van der Waals surface area contributed by atoms with Crippen LogP contribution in [0.5, 0.6) is 0 Å². The van der Waals surface area contributed by atoms with Crippen LogP contribution in [0.2, 0.25) is 0 Å². The summed E-state index contributed by atoms with van der Waals surface area (Å²) in [4.78, 5) is 40.2. The van der Waals surface area contributed by atoms with E-state index in [1.165, 1.54) is 4.90 Å². The lowest BCUT2D eigenvalue weighted by molar-refractivity contribution is -0.136. The lowest BCUT2D eigenvalue weighted by Crippen LogP contribution is -2.49. The molecule has 2 aliphatic rings. The molecule has 0 aromatic heterocycles. The van der Waals surface area contributed by atoms with Crippen molar-refractivity contribution in [2.24, 2.45) is 0 Å². The fraction of sp³-hybridized carbons (Fsp3) is 0.500. The molecule has 128 valence electrons. The molecule has 0 unspecified atom stereocenters. The molecule has 1 aromatic rings. The predicted molar refractivity (Wildman–Crippen MR) is 90.5 cm³/mol. The number of urea groups is 1. The summed E-state index contributed by atoms with van der Waals surface area (Å²) in [6, 6.07) is 7.04. The first-order valence-electron chi connectivity index (χ1n) is 8.40. The van der Waals surface area contributed by atoms with Crippen molar-refractivity contribution in [3.05, 3.63) is 29.8 Å². The van der Waals surface area contributed by atoms with Gasteiger partial charge in [0.15, 0.2) is 0 Å². The molecule has 4 amide bonds. The quantitative estimate of drug-likeness (QED) is 0.866. The van der Waals surface area contributed by atoms with Gasteiger partial charge in [0, 0.05) is 12.7 Å². The van der Waals surface area contributed by atoms with Crippen LogP contribution in [0.1, 0.15) is 37.7 Å². The van der Waals surface area contributed by atoms with Crippen LogP contribution < -0.4 is 5.32 Å². The fourth-order valence-corrected chi connectivity index (χ4v) is 3.74. The van der Waals surface area contributed by atoms with Gasteiger partial charge in [-0.2, -0.15) is 0 Å². The zero-order chi connectivity index (χ0) is 17.3. The molecule has 1 aliphatic carbocycles. The van der Waals surface area contributed by atoms with E-state index in [2.05, 4.69) is 5.32 Å². The Kier molecular flexibility index (Phi) is 4.30. The van der Waals surface area contributed by atoms with Crippen LogP contribution in [0.3, 0.4) is 0 Å². The highest BCUT2D eigenvalue weighted by molar-refractivity contribution is 6.10. The first-order chi connectivity index (χ1) is 11.4. The molecule has 0 atom stereocenters. The molecule has 6 nitrogen and oxygen atoms in total. The van der Waals surface area contributed by atoms with Gasteiger partial charge in [0.05, 0.1) is 0 Å². The lowest BCUT2D eigenvalue weighted by atomic mass is 9.81. The Bertz CT molecular complexity index is 680. The molecule has 2 fully saturated rings. The lowest BCUT2D eigenvalue weighted by Gasteiger charge is -2.35. The topological polar surface area (TPSA) is 69.7 Å². The summed E-state index contributed by atoms with van der Waals surface area (Å²) < 4.78 is 0. The number of carbonyl (C=O) groups excluding carboxylic acids is 3. The number of nitrogens with one attached hydrogen (secondary N) is 1. The Labute approximate surface area is 141 Å². The predicted octanol–water partition coefficient (Wildman–Crippen LogP) is 2.53. The molecule has 0 bridgehead atoms. The minimum Gasteiger partial charge on any atom is -0.325 e. The molecule has 1 saturated heterocycles. The fourth-order valence-electron chi connectivity index (χ4n) is 3.74. The number of aryl methyl sites for hydroxylation is 1. The summed E-state index contributed by atoms with van der Waals surface area (Å²) in [6.07, 6.45) is 4.33. The van der Waals surface area contributed by atoms with E-state index in [1.807, 2.05) is 25.1 Å². The van der Waals surface area contributed by atoms with E-state index in [1.54, 1.807) is 13.1 Å². The first-order valence-corrected chi connectivity index (χ1v) is 8.40. The van der Waals surface area contributed by atoms with Crippen LogP contribution in [0.15, 0.2) is 24.3 Å². The monoisotopic (exact) mass is 329 g/mol. The van der Waals surface area contributed by atoms with Gasteiger partial charge in [-0.25, -0.2) is 4.79 Å². The van der Waals surface area contributed by atoms with Gasteiger partial charge in [-0.1, -0.05) is 31.4 Å². The zero-order valence-electron chi connectivity index (χ0n) is 14.2. The molecule has 24 heavy (non-hydrogen) atoms. The number of anilines is 1. The van der Waals surface area contributed by atoms with Crippen molar-refractivity contribution >= 4 is 23.5 Å². The second-order valence-electron chi connectivity index (χ2n) is 6.74. The third-order valence-electron chi connectivity index (χ3n) is 5.09. The van der Waals surface area contributed by atoms with Gasteiger partial charge in [-0.05, 0) is 37.5 Å². The second kappa shape index (κ2) is 6.26. The largest absolute Gasteiger partial charge is 0.327 e. The minimum atomic E-state index is -0.737. The normalized spacial score (nSPS) is 19.9. The smallest absolute Gasteiger partial charge is 0.325 e. The van der Waals surface area contributed by atoms with Crippen molar-refractivity contribution in [3.8, 4) is 0 Å². The summed E-state index contributed by atoms with van der Waals surface area (Å²) in [7, 11) is 1.67. The summed E-state index contributed by atoms with van der Waals surface area (Å²) in [5.74, 6) is -0.586. The molecule has 1 aromatic carbocycles. The van der Waals surface area contributed by atoms with E-state index in [0.29, 0.717) is 18.5 Å². The molecule has 1 aliphatic heterocycles. The molecule has 1 saturated carbocycles. The number of nitrogens with zero attached hydrogens (tertiary/aromatic N) is 2. The highest BCUT2D eigenvalue weighted by Crippen LogP contribution is 2.39. The number of hydrogen-bond acceptors (Lipinski definition) is 3. The molecular weight excluding hydrogens is 306 g/mol. The van der Waals surface area contributed by atoms with Gasteiger partial charge >= 0.3 is 6.03 Å². The molecule has 1 spiro atoms. The second-order valence-corrected chi connectivity index (χ2v) is 6.74. The summed E-state index contributed by atoms with van der Waals surface area (Å²) in [6.45, 7) is 1.70. The van der Waals surface area contributed by atoms with Crippen LogP contribution in [0, 0.1) is 6.92 Å². The standard InChI is InChI=1S/C18H23N3O3/c1-13-7-6-8-14(11-13)19-15(22)12-21-16(23)18(20(2)17(21)24)9-4-3-5-10-18/h6-8,11H,3-5,9-10,12H2,1-2H3,(H,19,22). The average molecular weight is 329 g/mol.